The van der Waals surface area contributed by atoms with Crippen LogP contribution < -0.4 is 10.5 Å². The molecule has 0 spiro atoms. The Morgan fingerprint density at radius 3 is 2.54 bits per heavy atom. The van der Waals surface area contributed by atoms with Gasteiger partial charge in [0, 0.05) is 31.6 Å². The van der Waals surface area contributed by atoms with Crippen LogP contribution >= 0.6 is 0 Å². The first-order valence-electron chi connectivity index (χ1n) is 7.80. The van der Waals surface area contributed by atoms with E-state index in [1.54, 1.807) is 24.8 Å². The van der Waals surface area contributed by atoms with Crippen molar-refractivity contribution in [2.24, 2.45) is 5.14 Å². The molecular formula is C16H23N3O4S. The number of carbonyl (C=O) groups excluding carboxylic acids is 2. The molecule has 3 N–H and O–H groups in total. The first-order chi connectivity index (χ1) is 11.1. The predicted octanol–water partition coefficient (Wildman–Crippen LogP) is 0.692. The van der Waals surface area contributed by atoms with Gasteiger partial charge in [0.25, 0.3) is 5.91 Å². The fourth-order valence-corrected chi connectivity index (χ4v) is 3.87. The lowest BCUT2D eigenvalue weighted by molar-refractivity contribution is -0.120. The van der Waals surface area contributed by atoms with E-state index in [-0.39, 0.29) is 22.8 Å². The van der Waals surface area contributed by atoms with Gasteiger partial charge in [0.1, 0.15) is 0 Å². The minimum Gasteiger partial charge on any atom is -0.352 e. The number of benzene rings is 1. The number of nitrogens with one attached hydrogen (secondary N) is 1. The third-order valence-electron chi connectivity index (χ3n) is 4.29. The van der Waals surface area contributed by atoms with Crippen molar-refractivity contribution in [3.63, 3.8) is 0 Å². The van der Waals surface area contributed by atoms with Gasteiger partial charge in [-0.2, -0.15) is 0 Å². The highest BCUT2D eigenvalue weighted by atomic mass is 32.2. The number of primary sulfonamides is 1. The van der Waals surface area contributed by atoms with Crippen molar-refractivity contribution < 1.29 is 18.0 Å². The highest BCUT2D eigenvalue weighted by Crippen LogP contribution is 2.22. The summed E-state index contributed by atoms with van der Waals surface area (Å²) in [6, 6.07) is 2.93. The summed E-state index contributed by atoms with van der Waals surface area (Å²) in [7, 11) is -3.90. The molecule has 2 amide bonds. The van der Waals surface area contributed by atoms with Crippen LogP contribution in [0.3, 0.4) is 0 Å². The number of likely N-dealkylation sites (tertiary alicyclic amines) is 1. The Kier molecular flexibility index (Phi) is 5.29. The van der Waals surface area contributed by atoms with E-state index in [1.807, 2.05) is 0 Å². The fraction of sp³-hybridized carbons (Fsp3) is 0.500. The number of nitrogens with zero attached hydrogens (tertiary/aromatic N) is 1. The molecule has 7 nitrogen and oxygen atoms in total. The molecule has 8 heteroatoms. The van der Waals surface area contributed by atoms with Crippen LogP contribution in [0.15, 0.2) is 17.0 Å². The summed E-state index contributed by atoms with van der Waals surface area (Å²) in [5.41, 5.74) is 1.54. The van der Waals surface area contributed by atoms with Crippen LogP contribution in [0, 0.1) is 13.8 Å². The molecule has 0 aliphatic carbocycles. The molecule has 0 aromatic heterocycles. The van der Waals surface area contributed by atoms with E-state index in [2.05, 4.69) is 5.32 Å². The number of hydrogen-bond donors (Lipinski definition) is 2. The molecule has 0 saturated carbocycles. The Hall–Kier alpha value is -1.93. The smallest absolute Gasteiger partial charge is 0.253 e. The lowest BCUT2D eigenvalue weighted by Gasteiger charge is -2.33. The quantitative estimate of drug-likeness (QED) is 0.833. The molecule has 24 heavy (non-hydrogen) atoms. The third kappa shape index (κ3) is 4.12. The van der Waals surface area contributed by atoms with E-state index in [0.717, 1.165) is 12.8 Å². The normalized spacial score (nSPS) is 18.3. The Bertz CT molecular complexity index is 774. The van der Waals surface area contributed by atoms with Gasteiger partial charge >= 0.3 is 0 Å². The molecule has 1 aromatic carbocycles. The molecule has 0 bridgehead atoms. The summed E-state index contributed by atoms with van der Waals surface area (Å²) < 4.78 is 23.5. The molecule has 0 radical (unpaired) electrons. The molecule has 1 atom stereocenters. The molecular weight excluding hydrogens is 330 g/mol. The zero-order valence-electron chi connectivity index (χ0n) is 14.1. The number of carbonyl (C=O) groups is 2. The van der Waals surface area contributed by atoms with Gasteiger partial charge in [0.15, 0.2) is 0 Å². The Morgan fingerprint density at radius 1 is 1.29 bits per heavy atom. The topological polar surface area (TPSA) is 110 Å². The van der Waals surface area contributed by atoms with Crippen molar-refractivity contribution in [3.8, 4) is 0 Å². The van der Waals surface area contributed by atoms with Gasteiger partial charge in [-0.15, -0.1) is 0 Å². The second kappa shape index (κ2) is 6.90. The van der Waals surface area contributed by atoms with Gasteiger partial charge in [-0.25, -0.2) is 13.6 Å². The number of sulfonamides is 1. The lowest BCUT2D eigenvalue weighted by atomic mass is 10.0. The molecule has 1 aromatic rings. The van der Waals surface area contributed by atoms with Gasteiger partial charge in [0.2, 0.25) is 15.9 Å². The second-order valence-corrected chi connectivity index (χ2v) is 7.78. The summed E-state index contributed by atoms with van der Waals surface area (Å²) in [6.07, 6.45) is 1.60. The van der Waals surface area contributed by atoms with Crippen molar-refractivity contribution in [2.45, 2.75) is 44.6 Å². The largest absolute Gasteiger partial charge is 0.352 e. The predicted molar refractivity (Wildman–Crippen MR) is 90.0 cm³/mol. The first kappa shape index (κ1) is 18.4. The maximum absolute atomic E-state index is 12.8. The summed E-state index contributed by atoms with van der Waals surface area (Å²) >= 11 is 0. The summed E-state index contributed by atoms with van der Waals surface area (Å²) in [6.45, 7) is 5.85. The molecule has 1 heterocycles. The van der Waals surface area contributed by atoms with Gasteiger partial charge in [-0.05, 0) is 49.9 Å². The van der Waals surface area contributed by atoms with E-state index in [0.29, 0.717) is 29.8 Å². The van der Waals surface area contributed by atoms with E-state index in [1.165, 1.54) is 13.0 Å². The minimum absolute atomic E-state index is 0.0266. The van der Waals surface area contributed by atoms with Gasteiger partial charge in [-0.1, -0.05) is 0 Å². The fourth-order valence-electron chi connectivity index (χ4n) is 3.00. The van der Waals surface area contributed by atoms with Crippen LogP contribution in [0.2, 0.25) is 0 Å². The number of rotatable bonds is 3. The van der Waals surface area contributed by atoms with Gasteiger partial charge < -0.3 is 10.2 Å². The highest BCUT2D eigenvalue weighted by molar-refractivity contribution is 7.89. The summed E-state index contributed by atoms with van der Waals surface area (Å²) in [4.78, 5) is 25.6. The van der Waals surface area contributed by atoms with Crippen LogP contribution in [0.4, 0.5) is 0 Å². The van der Waals surface area contributed by atoms with Crippen molar-refractivity contribution >= 4 is 21.8 Å². The van der Waals surface area contributed by atoms with Gasteiger partial charge in [-0.3, -0.25) is 9.59 Å². The van der Waals surface area contributed by atoms with E-state index >= 15 is 0 Å². The van der Waals surface area contributed by atoms with Crippen molar-refractivity contribution in [1.82, 2.24) is 10.2 Å². The summed E-state index contributed by atoms with van der Waals surface area (Å²) in [5.74, 6) is -0.380. The van der Waals surface area contributed by atoms with Crippen molar-refractivity contribution in [3.05, 3.63) is 28.8 Å². The number of piperidine rings is 1. The average molecular weight is 353 g/mol. The van der Waals surface area contributed by atoms with E-state index < -0.39 is 10.0 Å². The van der Waals surface area contributed by atoms with Crippen LogP contribution in [0.1, 0.15) is 41.3 Å². The zero-order valence-corrected chi connectivity index (χ0v) is 14.9. The molecule has 1 saturated heterocycles. The zero-order chi connectivity index (χ0) is 18.1. The number of amides is 2. The molecule has 1 aliphatic rings. The maximum atomic E-state index is 12.8. The third-order valence-corrected chi connectivity index (χ3v) is 5.33. The molecule has 1 aliphatic heterocycles. The van der Waals surface area contributed by atoms with E-state index in [9.17, 15) is 18.0 Å². The van der Waals surface area contributed by atoms with E-state index in [4.69, 9.17) is 5.14 Å². The minimum atomic E-state index is -3.90. The summed E-state index contributed by atoms with van der Waals surface area (Å²) in [5, 5.41) is 8.08. The number of aryl methyl sites for hydroxylation is 1. The van der Waals surface area contributed by atoms with Crippen molar-refractivity contribution in [1.29, 1.82) is 0 Å². The lowest BCUT2D eigenvalue weighted by Crippen LogP contribution is -2.49. The van der Waals surface area contributed by atoms with Crippen LogP contribution in [-0.2, 0) is 14.8 Å². The van der Waals surface area contributed by atoms with Gasteiger partial charge in [0.05, 0.1) is 4.90 Å². The highest BCUT2D eigenvalue weighted by Gasteiger charge is 2.26. The van der Waals surface area contributed by atoms with Crippen LogP contribution in [-0.4, -0.2) is 44.3 Å². The van der Waals surface area contributed by atoms with Crippen molar-refractivity contribution in [2.75, 3.05) is 13.1 Å². The number of nitrogens with two attached hydrogens (primary N) is 1. The molecule has 1 fully saturated rings. The average Bonchev–Trinajstić information content (AvgIpc) is 2.47. The standard InChI is InChI=1S/C16H23N3O4S/c1-10-7-13(8-15(11(10)2)24(17,22)23)16(21)19-6-4-5-14(9-19)18-12(3)20/h7-8,14H,4-6,9H2,1-3H3,(H,18,20)(H2,17,22,23)/t14-/m0/s1. The monoisotopic (exact) mass is 353 g/mol. The number of hydrogen-bond acceptors (Lipinski definition) is 4. The second-order valence-electron chi connectivity index (χ2n) is 6.25. The van der Waals surface area contributed by atoms with Crippen LogP contribution in [0.25, 0.3) is 0 Å². The SMILES string of the molecule is CC(=O)N[C@H]1CCCN(C(=O)c2cc(C)c(C)c(S(N)(=O)=O)c2)C1. The Labute approximate surface area is 142 Å². The van der Waals surface area contributed by atoms with Crippen LogP contribution in [0.5, 0.6) is 0 Å². The first-order valence-corrected chi connectivity index (χ1v) is 9.34. The Morgan fingerprint density at radius 2 is 1.96 bits per heavy atom. The molecule has 0 unspecified atom stereocenters. The maximum Gasteiger partial charge on any atom is 0.253 e. The molecule has 2 rings (SSSR count). The molecule has 132 valence electrons. The Balaban J connectivity index is 2.29.